The van der Waals surface area contributed by atoms with Crippen LogP contribution in [0.4, 0.5) is 0 Å². The fourth-order valence-corrected chi connectivity index (χ4v) is 3.01. The van der Waals surface area contributed by atoms with E-state index in [0.717, 1.165) is 25.9 Å². The molecule has 0 atom stereocenters. The van der Waals surface area contributed by atoms with Crippen LogP contribution in [-0.4, -0.2) is 40.7 Å². The molecule has 134 valence electrons. The quantitative estimate of drug-likeness (QED) is 0.665. The average Bonchev–Trinajstić information content (AvgIpc) is 2.53. The van der Waals surface area contributed by atoms with Gasteiger partial charge >= 0.3 is 12.0 Å². The molecule has 1 aliphatic rings. The number of halogens is 1. The zero-order valence-corrected chi connectivity index (χ0v) is 15.4. The Bertz CT molecular complexity index is 783. The normalized spacial score (nSPS) is 16.0. The van der Waals surface area contributed by atoms with Gasteiger partial charge in [0.2, 0.25) is 0 Å². The summed E-state index contributed by atoms with van der Waals surface area (Å²) in [6.45, 7) is 7.28. The van der Waals surface area contributed by atoms with E-state index < -0.39 is 11.6 Å². The molecular weight excluding hydrogens is 342 g/mol. The first kappa shape index (κ1) is 17.9. The highest BCUT2D eigenvalue weighted by Crippen LogP contribution is 2.28. The van der Waals surface area contributed by atoms with Gasteiger partial charge in [0.1, 0.15) is 16.9 Å². The van der Waals surface area contributed by atoms with Gasteiger partial charge in [0.15, 0.2) is 0 Å². The van der Waals surface area contributed by atoms with Crippen LogP contribution in [0.15, 0.2) is 18.2 Å². The van der Waals surface area contributed by atoms with Gasteiger partial charge < -0.3 is 14.8 Å². The van der Waals surface area contributed by atoms with Crippen molar-refractivity contribution in [2.24, 2.45) is 0 Å². The van der Waals surface area contributed by atoms with Gasteiger partial charge in [-0.15, -0.1) is 0 Å². The van der Waals surface area contributed by atoms with Gasteiger partial charge in [0.05, 0.1) is 16.5 Å². The number of ether oxygens (including phenoxy) is 2. The predicted octanol–water partition coefficient (Wildman–Crippen LogP) is 3.37. The maximum Gasteiger partial charge on any atom is 0.339 e. The van der Waals surface area contributed by atoms with Crippen LogP contribution in [-0.2, 0) is 4.74 Å². The van der Waals surface area contributed by atoms with Gasteiger partial charge in [0.25, 0.3) is 0 Å². The van der Waals surface area contributed by atoms with Gasteiger partial charge in [-0.1, -0.05) is 17.7 Å². The largest absolute Gasteiger partial charge is 0.460 e. The summed E-state index contributed by atoms with van der Waals surface area (Å²) >= 11 is 6.35. The first-order valence-electron chi connectivity index (χ1n) is 8.40. The van der Waals surface area contributed by atoms with Crippen LogP contribution in [0.2, 0.25) is 5.15 Å². The van der Waals surface area contributed by atoms with E-state index >= 15 is 0 Å². The predicted molar refractivity (Wildman–Crippen MR) is 96.2 cm³/mol. The van der Waals surface area contributed by atoms with Gasteiger partial charge in [-0.25, -0.2) is 4.79 Å². The lowest BCUT2D eigenvalue weighted by Gasteiger charge is -2.23. The highest BCUT2D eigenvalue weighted by atomic mass is 35.5. The van der Waals surface area contributed by atoms with Crippen molar-refractivity contribution < 1.29 is 14.3 Å². The van der Waals surface area contributed by atoms with E-state index in [9.17, 15) is 4.79 Å². The van der Waals surface area contributed by atoms with Gasteiger partial charge in [-0.3, -0.25) is 0 Å². The van der Waals surface area contributed by atoms with E-state index in [1.165, 1.54) is 0 Å². The molecule has 1 saturated heterocycles. The molecule has 0 bridgehead atoms. The molecular formula is C18H22ClN3O3. The van der Waals surface area contributed by atoms with Crippen molar-refractivity contribution >= 4 is 28.5 Å². The molecule has 0 amide bonds. The number of hydrogen-bond donors (Lipinski definition) is 1. The fourth-order valence-electron chi connectivity index (χ4n) is 2.74. The molecule has 25 heavy (non-hydrogen) atoms. The van der Waals surface area contributed by atoms with Crippen molar-refractivity contribution in [3.05, 3.63) is 28.9 Å². The molecule has 1 aliphatic heterocycles. The average molecular weight is 364 g/mol. The smallest absolute Gasteiger partial charge is 0.339 e. The minimum atomic E-state index is -0.593. The third-order valence-corrected chi connectivity index (χ3v) is 4.11. The first-order chi connectivity index (χ1) is 11.8. The monoisotopic (exact) mass is 363 g/mol. The molecule has 0 spiro atoms. The maximum atomic E-state index is 12.5. The molecule has 6 nitrogen and oxygen atoms in total. The van der Waals surface area contributed by atoms with Crippen LogP contribution >= 0.6 is 11.6 Å². The lowest BCUT2D eigenvalue weighted by molar-refractivity contribution is 0.00717. The van der Waals surface area contributed by atoms with Crippen LogP contribution in [0.25, 0.3) is 10.9 Å². The van der Waals surface area contributed by atoms with Crippen molar-refractivity contribution in [3.63, 3.8) is 0 Å². The Morgan fingerprint density at radius 1 is 1.24 bits per heavy atom. The van der Waals surface area contributed by atoms with Crippen LogP contribution in [0, 0.1) is 0 Å². The number of hydrogen-bond acceptors (Lipinski definition) is 6. The second kappa shape index (κ2) is 7.14. The Labute approximate surface area is 151 Å². The summed E-state index contributed by atoms with van der Waals surface area (Å²) in [5.41, 5.74) is 0.322. The van der Waals surface area contributed by atoms with E-state index in [4.69, 9.17) is 21.1 Å². The molecule has 0 aliphatic carbocycles. The number of nitrogens with one attached hydrogen (secondary N) is 1. The summed E-state index contributed by atoms with van der Waals surface area (Å²) in [5, 5.41) is 3.95. The highest BCUT2D eigenvalue weighted by molar-refractivity contribution is 6.35. The van der Waals surface area contributed by atoms with Gasteiger partial charge in [-0.05, 0) is 58.8 Å². The lowest BCUT2D eigenvalue weighted by Crippen LogP contribution is -2.34. The summed E-state index contributed by atoms with van der Waals surface area (Å²) in [4.78, 5) is 21.1. The Morgan fingerprint density at radius 2 is 1.96 bits per heavy atom. The van der Waals surface area contributed by atoms with E-state index in [1.54, 1.807) is 18.2 Å². The number of rotatable bonds is 3. The molecule has 1 fully saturated rings. The second-order valence-electron chi connectivity index (χ2n) is 7.07. The van der Waals surface area contributed by atoms with E-state index in [2.05, 4.69) is 15.3 Å². The van der Waals surface area contributed by atoms with Gasteiger partial charge in [0, 0.05) is 0 Å². The summed E-state index contributed by atoms with van der Waals surface area (Å²) < 4.78 is 11.3. The van der Waals surface area contributed by atoms with Crippen LogP contribution in [0.3, 0.4) is 0 Å². The SMILES string of the molecule is CC(C)(C)OC(=O)c1cccc2nc(OC3CCNCC3)nc(Cl)c12. The first-order valence-corrected chi connectivity index (χ1v) is 8.78. The third-order valence-electron chi connectivity index (χ3n) is 3.84. The minimum absolute atomic E-state index is 0.0730. The maximum absolute atomic E-state index is 12.5. The zero-order chi connectivity index (χ0) is 18.0. The van der Waals surface area contributed by atoms with E-state index in [1.807, 2.05) is 20.8 Å². The number of carbonyl (C=O) groups is 1. The lowest BCUT2D eigenvalue weighted by atomic mass is 10.1. The third kappa shape index (κ3) is 4.38. The van der Waals surface area contributed by atoms with Crippen molar-refractivity contribution in [2.45, 2.75) is 45.3 Å². The topological polar surface area (TPSA) is 73.3 Å². The molecule has 1 N–H and O–H groups in total. The molecule has 1 aromatic heterocycles. The molecule has 0 saturated carbocycles. The number of aromatic nitrogens is 2. The van der Waals surface area contributed by atoms with Crippen molar-refractivity contribution in [2.75, 3.05) is 13.1 Å². The number of benzene rings is 1. The molecule has 0 radical (unpaired) electrons. The van der Waals surface area contributed by atoms with Crippen molar-refractivity contribution in [1.29, 1.82) is 0 Å². The molecule has 0 unspecified atom stereocenters. The molecule has 7 heteroatoms. The summed E-state index contributed by atoms with van der Waals surface area (Å²) in [6.07, 6.45) is 1.87. The van der Waals surface area contributed by atoms with Gasteiger partial charge in [-0.2, -0.15) is 9.97 Å². The molecule has 2 aromatic rings. The van der Waals surface area contributed by atoms with Crippen LogP contribution < -0.4 is 10.1 Å². The minimum Gasteiger partial charge on any atom is -0.460 e. The van der Waals surface area contributed by atoms with E-state index in [-0.39, 0.29) is 17.3 Å². The fraction of sp³-hybridized carbons (Fsp3) is 0.500. The number of carbonyl (C=O) groups excluding carboxylic acids is 1. The van der Waals surface area contributed by atoms with Crippen molar-refractivity contribution in [3.8, 4) is 6.01 Å². The number of esters is 1. The summed E-state index contributed by atoms with van der Waals surface area (Å²) in [5.74, 6) is -0.448. The Hall–Kier alpha value is -1.92. The standard InChI is InChI=1S/C18H22ClN3O3/c1-18(2,3)25-16(23)12-5-4-6-13-14(12)15(19)22-17(21-13)24-11-7-9-20-10-8-11/h4-6,11,20H,7-10H2,1-3H3. The summed E-state index contributed by atoms with van der Waals surface area (Å²) in [7, 11) is 0. The Balaban J connectivity index is 1.92. The number of nitrogens with zero attached hydrogens (tertiary/aromatic N) is 2. The molecule has 3 rings (SSSR count). The van der Waals surface area contributed by atoms with Crippen LogP contribution in [0.1, 0.15) is 44.0 Å². The zero-order valence-electron chi connectivity index (χ0n) is 14.6. The summed E-state index contributed by atoms with van der Waals surface area (Å²) in [6, 6.07) is 5.44. The number of fused-ring (bicyclic) bond motifs is 1. The Kier molecular flexibility index (Phi) is 5.11. The second-order valence-corrected chi connectivity index (χ2v) is 7.42. The number of piperidine rings is 1. The van der Waals surface area contributed by atoms with E-state index in [0.29, 0.717) is 16.5 Å². The molecule has 2 heterocycles. The molecule has 1 aromatic carbocycles. The highest BCUT2D eigenvalue weighted by Gasteiger charge is 2.23. The Morgan fingerprint density at radius 3 is 2.64 bits per heavy atom. The van der Waals surface area contributed by atoms with Crippen LogP contribution in [0.5, 0.6) is 6.01 Å². The van der Waals surface area contributed by atoms with Crippen molar-refractivity contribution in [1.82, 2.24) is 15.3 Å².